The highest BCUT2D eigenvalue weighted by molar-refractivity contribution is 6.09. The molecule has 1 aromatic carbocycles. The van der Waals surface area contributed by atoms with Crippen molar-refractivity contribution in [1.82, 2.24) is 4.90 Å². The minimum atomic E-state index is -0.125. The minimum Gasteiger partial charge on any atom is -0.454 e. The summed E-state index contributed by atoms with van der Waals surface area (Å²) in [7, 11) is 3.97. The molecule has 0 radical (unpaired) electrons. The predicted molar refractivity (Wildman–Crippen MR) is 67.5 cm³/mol. The van der Waals surface area contributed by atoms with Crippen molar-refractivity contribution in [1.29, 1.82) is 0 Å². The molecule has 0 saturated carbocycles. The summed E-state index contributed by atoms with van der Waals surface area (Å²) in [4.78, 5) is 14.2. The van der Waals surface area contributed by atoms with Gasteiger partial charge in [-0.05, 0) is 38.6 Å². The van der Waals surface area contributed by atoms with Gasteiger partial charge in [0.25, 0.3) is 0 Å². The highest BCUT2D eigenvalue weighted by atomic mass is 16.7. The van der Waals surface area contributed by atoms with Crippen molar-refractivity contribution in [2.45, 2.75) is 13.0 Å². The third kappa shape index (κ3) is 2.29. The molecule has 0 N–H and O–H groups in total. The van der Waals surface area contributed by atoms with Crippen LogP contribution < -0.4 is 9.47 Å². The van der Waals surface area contributed by atoms with Crippen LogP contribution in [0.5, 0.6) is 11.5 Å². The number of benzene rings is 1. The number of ether oxygens (including phenoxy) is 2. The molecular formula is C12H16BNO3. The fourth-order valence-corrected chi connectivity index (χ4v) is 1.77. The maximum absolute atomic E-state index is 12.2. The molecule has 0 spiro atoms. The van der Waals surface area contributed by atoms with E-state index in [1.54, 1.807) is 18.2 Å². The van der Waals surface area contributed by atoms with Crippen LogP contribution in [0.15, 0.2) is 18.2 Å². The summed E-state index contributed by atoms with van der Waals surface area (Å²) in [5, 5.41) is 0. The van der Waals surface area contributed by atoms with Gasteiger partial charge in [-0.1, -0.05) is 0 Å². The number of hydrogen-bond donors (Lipinski definition) is 0. The maximum atomic E-state index is 12.2. The van der Waals surface area contributed by atoms with Crippen LogP contribution in [0.25, 0.3) is 0 Å². The van der Waals surface area contributed by atoms with Gasteiger partial charge in [-0.25, -0.2) is 0 Å². The molecule has 0 bridgehead atoms. The summed E-state index contributed by atoms with van der Waals surface area (Å²) in [5.74, 6) is 1.47. The first-order chi connectivity index (χ1) is 8.13. The molecule has 5 heteroatoms. The van der Waals surface area contributed by atoms with Crippen molar-refractivity contribution < 1.29 is 14.3 Å². The lowest BCUT2D eigenvalue weighted by Crippen LogP contribution is -2.36. The van der Waals surface area contributed by atoms with Gasteiger partial charge in [0.05, 0.1) is 6.04 Å². The van der Waals surface area contributed by atoms with Crippen molar-refractivity contribution in [3.8, 4) is 11.5 Å². The van der Waals surface area contributed by atoms with Crippen molar-refractivity contribution >= 4 is 13.6 Å². The smallest absolute Gasteiger partial charge is 0.231 e. The van der Waals surface area contributed by atoms with E-state index in [0.717, 1.165) is 6.44 Å². The number of Topliss-reactive ketones (excluding diaryl/α,β-unsaturated/α-hetero) is 1. The van der Waals surface area contributed by atoms with Crippen LogP contribution in [0, 0.1) is 0 Å². The van der Waals surface area contributed by atoms with E-state index in [1.807, 2.05) is 26.7 Å². The number of hydrogen-bond acceptors (Lipinski definition) is 4. The Kier molecular flexibility index (Phi) is 3.38. The average Bonchev–Trinajstić information content (AvgIpc) is 2.83. The fourth-order valence-electron chi connectivity index (χ4n) is 1.77. The van der Waals surface area contributed by atoms with E-state index in [2.05, 4.69) is 0 Å². The Morgan fingerprint density at radius 3 is 2.88 bits per heavy atom. The van der Waals surface area contributed by atoms with Crippen LogP contribution >= 0.6 is 0 Å². The molecule has 4 nitrogen and oxygen atoms in total. The molecule has 1 atom stereocenters. The number of nitrogens with zero attached hydrogens (tertiary/aromatic N) is 1. The summed E-state index contributed by atoms with van der Waals surface area (Å²) >= 11 is 0. The monoisotopic (exact) mass is 233 g/mol. The Bertz CT molecular complexity index is 436. The molecule has 90 valence electrons. The minimum absolute atomic E-state index is 0.104. The molecular weight excluding hydrogens is 217 g/mol. The van der Waals surface area contributed by atoms with E-state index in [0.29, 0.717) is 17.1 Å². The van der Waals surface area contributed by atoms with Gasteiger partial charge in [0.2, 0.25) is 6.79 Å². The lowest BCUT2D eigenvalue weighted by molar-refractivity contribution is 0.0884. The molecule has 2 rings (SSSR count). The molecule has 1 aliphatic heterocycles. The lowest BCUT2D eigenvalue weighted by Gasteiger charge is -2.21. The van der Waals surface area contributed by atoms with Gasteiger partial charge >= 0.3 is 0 Å². The zero-order valence-electron chi connectivity index (χ0n) is 10.4. The van der Waals surface area contributed by atoms with Crippen molar-refractivity contribution in [3.05, 3.63) is 23.8 Å². The van der Waals surface area contributed by atoms with Gasteiger partial charge in [0, 0.05) is 5.56 Å². The number of carbonyl (C=O) groups excluding carboxylic acids is 1. The summed E-state index contributed by atoms with van der Waals surface area (Å²) in [5.41, 5.74) is 0.669. The van der Waals surface area contributed by atoms with Crippen LogP contribution in [0.1, 0.15) is 17.3 Å². The van der Waals surface area contributed by atoms with Gasteiger partial charge in [0.15, 0.2) is 17.3 Å². The van der Waals surface area contributed by atoms with Crippen molar-refractivity contribution in [2.24, 2.45) is 0 Å². The Morgan fingerprint density at radius 2 is 2.18 bits per heavy atom. The Balaban J connectivity index is 2.20. The fraction of sp³-hybridized carbons (Fsp3) is 0.417. The standard InChI is InChI=1S/C12H16BNO3/c1-8(14(2)6-13)12(15)9-3-4-10-11(5-9)17-7-16-10/h3-5,8H,6-7,13H2,1-2H3. The number of rotatable bonds is 4. The van der Waals surface area contributed by atoms with E-state index in [4.69, 9.17) is 9.47 Å². The van der Waals surface area contributed by atoms with E-state index in [-0.39, 0.29) is 18.6 Å². The summed E-state index contributed by atoms with van der Waals surface area (Å²) in [6.45, 7) is 2.15. The SMILES string of the molecule is BCN(C)C(C)C(=O)c1ccc2c(c1)OCO2. The summed E-state index contributed by atoms with van der Waals surface area (Å²) in [6, 6.07) is 5.20. The van der Waals surface area contributed by atoms with E-state index < -0.39 is 0 Å². The van der Waals surface area contributed by atoms with E-state index >= 15 is 0 Å². The first-order valence-corrected chi connectivity index (χ1v) is 5.77. The molecule has 17 heavy (non-hydrogen) atoms. The Labute approximate surface area is 102 Å². The molecule has 0 saturated heterocycles. The van der Waals surface area contributed by atoms with Gasteiger partial charge < -0.3 is 14.4 Å². The third-order valence-electron chi connectivity index (χ3n) is 3.20. The number of carbonyl (C=O) groups is 1. The molecule has 0 fully saturated rings. The highest BCUT2D eigenvalue weighted by Crippen LogP contribution is 2.32. The quantitative estimate of drug-likeness (QED) is 0.561. The molecule has 1 aliphatic rings. The molecule has 0 amide bonds. The second-order valence-corrected chi connectivity index (χ2v) is 4.18. The van der Waals surface area contributed by atoms with Crippen LogP contribution in [0.3, 0.4) is 0 Å². The Morgan fingerprint density at radius 1 is 1.47 bits per heavy atom. The molecule has 1 heterocycles. The van der Waals surface area contributed by atoms with Crippen LogP contribution in [-0.4, -0.2) is 44.9 Å². The topological polar surface area (TPSA) is 38.8 Å². The van der Waals surface area contributed by atoms with Crippen LogP contribution in [-0.2, 0) is 0 Å². The zero-order chi connectivity index (χ0) is 12.4. The first kappa shape index (κ1) is 12.0. The van der Waals surface area contributed by atoms with Gasteiger partial charge in [-0.2, -0.15) is 0 Å². The van der Waals surface area contributed by atoms with E-state index in [9.17, 15) is 4.79 Å². The average molecular weight is 233 g/mol. The zero-order valence-corrected chi connectivity index (χ0v) is 10.4. The number of fused-ring (bicyclic) bond motifs is 1. The highest BCUT2D eigenvalue weighted by Gasteiger charge is 2.21. The largest absolute Gasteiger partial charge is 0.454 e. The van der Waals surface area contributed by atoms with Gasteiger partial charge in [0.1, 0.15) is 7.85 Å². The summed E-state index contributed by atoms with van der Waals surface area (Å²) < 4.78 is 10.5. The van der Waals surface area contributed by atoms with Crippen LogP contribution in [0.4, 0.5) is 0 Å². The number of ketones is 1. The Hall–Kier alpha value is -1.49. The van der Waals surface area contributed by atoms with Gasteiger partial charge in [-0.15, -0.1) is 0 Å². The second kappa shape index (κ2) is 4.79. The van der Waals surface area contributed by atoms with Gasteiger partial charge in [-0.3, -0.25) is 4.79 Å². The van der Waals surface area contributed by atoms with Crippen molar-refractivity contribution in [3.63, 3.8) is 0 Å². The number of likely N-dealkylation sites (N-methyl/N-ethyl adjacent to an activating group) is 1. The first-order valence-electron chi connectivity index (χ1n) is 5.77. The lowest BCUT2D eigenvalue weighted by atomic mass is 10.0. The molecule has 0 aromatic heterocycles. The predicted octanol–water partition coefficient (Wildman–Crippen LogP) is 0.509. The van der Waals surface area contributed by atoms with E-state index in [1.165, 1.54) is 0 Å². The third-order valence-corrected chi connectivity index (χ3v) is 3.20. The van der Waals surface area contributed by atoms with Crippen LogP contribution in [0.2, 0.25) is 0 Å². The second-order valence-electron chi connectivity index (χ2n) is 4.18. The molecule has 1 unspecified atom stereocenters. The van der Waals surface area contributed by atoms with Crippen molar-refractivity contribution in [2.75, 3.05) is 20.3 Å². The normalized spacial score (nSPS) is 15.0. The summed E-state index contributed by atoms with van der Waals surface area (Å²) in [6.07, 6.45) is 0.845. The maximum Gasteiger partial charge on any atom is 0.231 e. The molecule has 1 aromatic rings. The molecule has 0 aliphatic carbocycles.